The summed E-state index contributed by atoms with van der Waals surface area (Å²) in [6.07, 6.45) is 7.46. The molecule has 260 valence electrons. The Balaban J connectivity index is 0.00000118. The lowest BCUT2D eigenvalue weighted by Gasteiger charge is -2.51. The number of ether oxygens (including phenoxy) is 4. The number of hydrogen-bond acceptors (Lipinski definition) is 10. The summed E-state index contributed by atoms with van der Waals surface area (Å²) in [6, 6.07) is -1.15. The fourth-order valence-corrected chi connectivity index (χ4v) is 6.82. The average molecular weight is 661 g/mol. The maximum Gasteiger partial charge on any atom is 0.300 e. The Kier molecular flexibility index (Phi) is 10.9. The number of carbonyl (C=O) groups is 4. The van der Waals surface area contributed by atoms with Crippen molar-refractivity contribution in [1.82, 2.24) is 10.2 Å². The molecule has 0 aromatic rings. The van der Waals surface area contributed by atoms with Gasteiger partial charge in [-0.05, 0) is 45.8 Å². The molecule has 1 spiro atoms. The number of carboxylic acid groups (broad SMARTS) is 1. The van der Waals surface area contributed by atoms with Gasteiger partial charge in [0.25, 0.3) is 11.9 Å². The minimum atomic E-state index is -1.15. The van der Waals surface area contributed by atoms with Crippen LogP contribution in [0.25, 0.3) is 0 Å². The van der Waals surface area contributed by atoms with Crippen LogP contribution in [-0.4, -0.2) is 106 Å². The lowest BCUT2D eigenvalue weighted by molar-refractivity contribution is -0.346. The first-order valence-electron chi connectivity index (χ1n) is 16.1. The zero-order chi connectivity index (χ0) is 35.0. The highest BCUT2D eigenvalue weighted by Crippen LogP contribution is 2.52. The number of aliphatic carboxylic acids is 1. The summed E-state index contributed by atoms with van der Waals surface area (Å²) in [7, 11) is 1.46. The SMILES string of the molecule is CC(=O)O.CNC(=O)C(C)C1C(=O)/C(=C(O)/C=C/C(C)=C/C(C)C2OC3(C)OC(C=CC34CO4)C2C)C(=O)N1C1CCC(O)C(C)O1. The average Bonchev–Trinajstić information content (AvgIpc) is 3.75. The van der Waals surface area contributed by atoms with E-state index in [2.05, 4.69) is 31.3 Å². The van der Waals surface area contributed by atoms with E-state index in [1.807, 2.05) is 19.9 Å². The Bertz CT molecular complexity index is 1380. The number of carbonyl (C=O) groups excluding carboxylic acids is 3. The number of aliphatic hydroxyl groups is 2. The molecule has 11 atom stereocenters. The molecule has 5 aliphatic rings. The molecule has 0 saturated carbocycles. The van der Waals surface area contributed by atoms with Crippen molar-refractivity contribution < 1.29 is 53.4 Å². The number of carboxylic acids is 1. The highest BCUT2D eigenvalue weighted by atomic mass is 16.8. The molecule has 13 heteroatoms. The third-order valence-electron chi connectivity index (χ3n) is 9.67. The van der Waals surface area contributed by atoms with Crippen molar-refractivity contribution >= 4 is 23.6 Å². The zero-order valence-electron chi connectivity index (χ0n) is 28.3. The van der Waals surface area contributed by atoms with E-state index in [1.165, 1.54) is 18.0 Å². The minimum Gasteiger partial charge on any atom is -0.507 e. The maximum atomic E-state index is 13.6. The molecular formula is C34H48N2O11. The fourth-order valence-electron chi connectivity index (χ4n) is 6.82. The molecule has 5 aliphatic heterocycles. The summed E-state index contributed by atoms with van der Waals surface area (Å²) < 4.78 is 24.3. The van der Waals surface area contributed by atoms with Gasteiger partial charge < -0.3 is 44.5 Å². The number of rotatable bonds is 7. The molecule has 4 N–H and O–H groups in total. The number of amides is 2. The number of fused-ring (bicyclic) bond motifs is 3. The van der Waals surface area contributed by atoms with E-state index in [4.69, 9.17) is 28.8 Å². The fraction of sp³-hybridized carbons (Fsp3) is 0.647. The number of ketones is 1. The summed E-state index contributed by atoms with van der Waals surface area (Å²) in [5, 5.41) is 31.1. The molecular weight excluding hydrogens is 612 g/mol. The Morgan fingerprint density at radius 2 is 1.74 bits per heavy atom. The van der Waals surface area contributed by atoms with Gasteiger partial charge in [-0.25, -0.2) is 0 Å². The normalized spacial score (nSPS) is 39.0. The number of epoxide rings is 1. The van der Waals surface area contributed by atoms with Gasteiger partial charge in [-0.3, -0.25) is 19.2 Å². The predicted molar refractivity (Wildman–Crippen MR) is 169 cm³/mol. The van der Waals surface area contributed by atoms with Gasteiger partial charge in [0.05, 0.1) is 36.9 Å². The van der Waals surface area contributed by atoms with Crippen molar-refractivity contribution in [2.24, 2.45) is 17.8 Å². The van der Waals surface area contributed by atoms with Crippen LogP contribution in [-0.2, 0) is 38.1 Å². The van der Waals surface area contributed by atoms with Gasteiger partial charge >= 0.3 is 0 Å². The largest absolute Gasteiger partial charge is 0.507 e. The van der Waals surface area contributed by atoms with Crippen LogP contribution in [0.15, 0.2) is 47.3 Å². The van der Waals surface area contributed by atoms with E-state index in [0.29, 0.717) is 19.4 Å². The molecule has 0 aromatic heterocycles. The van der Waals surface area contributed by atoms with Gasteiger partial charge in [0.15, 0.2) is 11.4 Å². The van der Waals surface area contributed by atoms with Gasteiger partial charge in [-0.2, -0.15) is 0 Å². The van der Waals surface area contributed by atoms with Gasteiger partial charge in [0, 0.05) is 25.8 Å². The number of Topliss-reactive ketones (excluding diaryl/α,β-unsaturated/α-hetero) is 1. The van der Waals surface area contributed by atoms with E-state index < -0.39 is 71.1 Å². The molecule has 47 heavy (non-hydrogen) atoms. The number of aliphatic hydroxyl groups excluding tert-OH is 2. The van der Waals surface area contributed by atoms with Crippen LogP contribution in [0.3, 0.4) is 0 Å². The number of nitrogens with one attached hydrogen (secondary N) is 1. The molecule has 4 saturated heterocycles. The minimum absolute atomic E-state index is 0.0220. The van der Waals surface area contributed by atoms with Crippen molar-refractivity contribution in [2.75, 3.05) is 13.7 Å². The maximum absolute atomic E-state index is 13.6. The van der Waals surface area contributed by atoms with Gasteiger partial charge in [0.2, 0.25) is 11.7 Å². The zero-order valence-corrected chi connectivity index (χ0v) is 28.3. The number of hydrogen-bond donors (Lipinski definition) is 4. The van der Waals surface area contributed by atoms with E-state index in [9.17, 15) is 24.6 Å². The van der Waals surface area contributed by atoms with E-state index in [1.54, 1.807) is 19.9 Å². The molecule has 2 amide bonds. The van der Waals surface area contributed by atoms with Crippen molar-refractivity contribution in [2.45, 2.75) is 109 Å². The topological polar surface area (TPSA) is 184 Å². The highest BCUT2D eigenvalue weighted by Gasteiger charge is 2.66. The van der Waals surface area contributed by atoms with Crippen LogP contribution in [0.4, 0.5) is 0 Å². The summed E-state index contributed by atoms with van der Waals surface area (Å²) in [5.74, 6) is -4.77. The Morgan fingerprint density at radius 1 is 1.11 bits per heavy atom. The molecule has 11 unspecified atom stereocenters. The summed E-state index contributed by atoms with van der Waals surface area (Å²) in [4.78, 5) is 50.1. The first-order valence-corrected chi connectivity index (χ1v) is 16.1. The second kappa shape index (κ2) is 14.0. The van der Waals surface area contributed by atoms with Crippen LogP contribution >= 0.6 is 0 Å². The molecule has 4 fully saturated rings. The van der Waals surface area contributed by atoms with Crippen LogP contribution in [0.5, 0.6) is 0 Å². The molecule has 5 heterocycles. The molecule has 0 radical (unpaired) electrons. The molecule has 5 rings (SSSR count). The van der Waals surface area contributed by atoms with E-state index in [-0.39, 0.29) is 29.6 Å². The molecule has 0 aromatic carbocycles. The Hall–Kier alpha value is -3.36. The molecule has 13 nitrogen and oxygen atoms in total. The summed E-state index contributed by atoms with van der Waals surface area (Å²) in [5.41, 5.74) is -0.127. The summed E-state index contributed by atoms with van der Waals surface area (Å²) >= 11 is 0. The first-order chi connectivity index (χ1) is 22.0. The molecule has 0 aliphatic carbocycles. The third-order valence-corrected chi connectivity index (χ3v) is 9.67. The number of likely N-dealkylation sites (tertiary alicyclic amines) is 1. The van der Waals surface area contributed by atoms with E-state index in [0.717, 1.165) is 12.5 Å². The lowest BCUT2D eigenvalue weighted by Crippen LogP contribution is -2.61. The highest BCUT2D eigenvalue weighted by molar-refractivity contribution is 6.27. The quantitative estimate of drug-likeness (QED) is 0.0786. The van der Waals surface area contributed by atoms with Gasteiger partial charge in [0.1, 0.15) is 23.6 Å². The van der Waals surface area contributed by atoms with Crippen molar-refractivity contribution in [3.63, 3.8) is 0 Å². The number of nitrogens with zero attached hydrogens (tertiary/aromatic N) is 1. The molecule has 2 bridgehead atoms. The Labute approximate surface area is 275 Å². The standard InChI is InChI=1S/C32H44N2O9.C2H4O2/c1-16(14-17(2)28-18(3)23-12-13-32(15-40-32)31(6,42-23)43-28)8-9-22(36)25-27(37)26(19(4)29(38)33-7)34(30(25)39)24-11-10-21(35)20(5)41-24;1-2(3)4/h8-9,12-14,17-21,23-24,26,28,35-36H,10-11,15H2,1-7H3,(H,33,38);1H3,(H,3,4)/b9-8+,16-14+,25-22+;. The second-order valence-electron chi connectivity index (χ2n) is 13.3. The third kappa shape index (κ3) is 7.24. The van der Waals surface area contributed by atoms with Crippen LogP contribution in [0.1, 0.15) is 61.3 Å². The van der Waals surface area contributed by atoms with Crippen molar-refractivity contribution in [1.29, 1.82) is 0 Å². The van der Waals surface area contributed by atoms with Crippen LogP contribution in [0.2, 0.25) is 0 Å². The van der Waals surface area contributed by atoms with Crippen molar-refractivity contribution in [3.8, 4) is 0 Å². The van der Waals surface area contributed by atoms with Gasteiger partial charge in [-0.1, -0.05) is 44.6 Å². The Morgan fingerprint density at radius 3 is 2.32 bits per heavy atom. The predicted octanol–water partition coefficient (Wildman–Crippen LogP) is 2.55. The van der Waals surface area contributed by atoms with Crippen LogP contribution < -0.4 is 5.32 Å². The number of allylic oxidation sites excluding steroid dienone is 3. The van der Waals surface area contributed by atoms with Gasteiger partial charge in [-0.15, -0.1) is 0 Å². The first kappa shape index (κ1) is 36.5. The van der Waals surface area contributed by atoms with Crippen LogP contribution in [0, 0.1) is 17.8 Å². The monoisotopic (exact) mass is 660 g/mol. The smallest absolute Gasteiger partial charge is 0.300 e. The van der Waals surface area contributed by atoms with Crippen molar-refractivity contribution in [3.05, 3.63) is 47.3 Å². The second-order valence-corrected chi connectivity index (χ2v) is 13.3. The lowest BCUT2D eigenvalue weighted by atomic mass is 9.82. The summed E-state index contributed by atoms with van der Waals surface area (Å²) in [6.45, 7) is 12.8. The van der Waals surface area contributed by atoms with E-state index >= 15 is 0 Å².